The molecule has 162 valence electrons. The van der Waals surface area contributed by atoms with E-state index >= 15 is 0 Å². The maximum absolute atomic E-state index is 13.0. The predicted molar refractivity (Wildman–Crippen MR) is 123 cm³/mol. The molecule has 0 amide bonds. The van der Waals surface area contributed by atoms with Gasteiger partial charge >= 0.3 is 0 Å². The average molecular weight is 457 g/mol. The zero-order valence-corrected chi connectivity index (χ0v) is 18.9. The molecule has 0 spiro atoms. The van der Waals surface area contributed by atoms with Crippen LogP contribution >= 0.6 is 11.8 Å². The minimum atomic E-state index is -3.30. The Morgan fingerprint density at radius 2 is 1.71 bits per heavy atom. The van der Waals surface area contributed by atoms with Crippen LogP contribution in [0.2, 0.25) is 0 Å². The van der Waals surface area contributed by atoms with Gasteiger partial charge < -0.3 is 0 Å². The normalized spacial score (nSPS) is 12.0. The lowest BCUT2D eigenvalue weighted by Crippen LogP contribution is -2.23. The maximum Gasteiger partial charge on any atom is 0.262 e. The van der Waals surface area contributed by atoms with Crippen molar-refractivity contribution in [3.8, 4) is 0 Å². The third-order valence-electron chi connectivity index (χ3n) is 5.10. The van der Waals surface area contributed by atoms with Crippen LogP contribution in [-0.4, -0.2) is 39.1 Å². The van der Waals surface area contributed by atoms with Crippen LogP contribution in [0.5, 0.6) is 0 Å². The van der Waals surface area contributed by atoms with Crippen LogP contribution in [0.4, 0.5) is 0 Å². The van der Waals surface area contributed by atoms with Gasteiger partial charge in [-0.2, -0.15) is 0 Å². The van der Waals surface area contributed by atoms with Crippen LogP contribution in [0.3, 0.4) is 0 Å². The second-order valence-electron chi connectivity index (χ2n) is 7.28. The van der Waals surface area contributed by atoms with Crippen LogP contribution < -0.4 is 5.56 Å². The first-order valence-corrected chi connectivity index (χ1v) is 12.9. The number of hydrogen-bond donors (Lipinski definition) is 0. The monoisotopic (exact) mass is 456 g/mol. The molecule has 0 radical (unpaired) electrons. The molecule has 0 atom stereocenters. The summed E-state index contributed by atoms with van der Waals surface area (Å²) >= 11 is 1.46. The van der Waals surface area contributed by atoms with Crippen LogP contribution in [0.25, 0.3) is 16.7 Å². The topological polar surface area (TPSA) is 86.3 Å². The van der Waals surface area contributed by atoms with Crippen molar-refractivity contribution in [2.24, 2.45) is 0 Å². The summed E-state index contributed by atoms with van der Waals surface area (Å²) in [5.74, 6) is 1.18. The van der Waals surface area contributed by atoms with Gasteiger partial charge in [-0.25, -0.2) is 8.42 Å². The summed E-state index contributed by atoms with van der Waals surface area (Å²) in [5, 5.41) is 9.89. The maximum atomic E-state index is 13.0. The zero-order chi connectivity index (χ0) is 21.8. The van der Waals surface area contributed by atoms with Crippen molar-refractivity contribution in [3.05, 3.63) is 65.0 Å². The Bertz CT molecular complexity index is 1360. The Hall–Kier alpha value is -2.65. The summed E-state index contributed by atoms with van der Waals surface area (Å²) in [6.07, 6.45) is 2.34. The first-order chi connectivity index (χ1) is 15.0. The number of unbranched alkanes of at least 4 members (excludes halogenated alkanes) is 1. The van der Waals surface area contributed by atoms with E-state index in [0.29, 0.717) is 39.9 Å². The van der Waals surface area contributed by atoms with Gasteiger partial charge in [-0.1, -0.05) is 55.4 Å². The van der Waals surface area contributed by atoms with E-state index in [1.54, 1.807) is 34.9 Å². The standard InChI is InChI=1S/C22H24N4O3S2/c1-2-3-14-25-20(27)18-12-7-8-13-19(18)26-21(25)23-24-22(26)30-15-9-16-31(28,29)17-10-5-4-6-11-17/h4-8,10-13H,2-3,9,14-16H2,1H3. The third kappa shape index (κ3) is 4.38. The van der Waals surface area contributed by atoms with Crippen molar-refractivity contribution in [2.75, 3.05) is 11.5 Å². The summed E-state index contributed by atoms with van der Waals surface area (Å²) in [7, 11) is -3.30. The molecule has 31 heavy (non-hydrogen) atoms. The smallest absolute Gasteiger partial charge is 0.262 e. The van der Waals surface area contributed by atoms with Gasteiger partial charge in [0.05, 0.1) is 21.6 Å². The van der Waals surface area contributed by atoms with Gasteiger partial charge in [0.2, 0.25) is 5.78 Å². The lowest BCUT2D eigenvalue weighted by atomic mass is 10.2. The Morgan fingerprint density at radius 3 is 2.48 bits per heavy atom. The van der Waals surface area contributed by atoms with Crippen LogP contribution in [-0.2, 0) is 16.4 Å². The number of benzene rings is 2. The lowest BCUT2D eigenvalue weighted by Gasteiger charge is -2.10. The van der Waals surface area contributed by atoms with Gasteiger partial charge in [0.1, 0.15) is 0 Å². The summed E-state index contributed by atoms with van der Waals surface area (Å²) in [6, 6.07) is 16.0. The third-order valence-corrected chi connectivity index (χ3v) is 7.94. The van der Waals surface area contributed by atoms with Crippen molar-refractivity contribution in [1.82, 2.24) is 19.2 Å². The van der Waals surface area contributed by atoms with Gasteiger partial charge in [-0.3, -0.25) is 13.8 Å². The van der Waals surface area contributed by atoms with Gasteiger partial charge in [0.15, 0.2) is 15.0 Å². The zero-order valence-electron chi connectivity index (χ0n) is 17.3. The van der Waals surface area contributed by atoms with E-state index < -0.39 is 9.84 Å². The largest absolute Gasteiger partial charge is 0.276 e. The Labute approximate surface area is 185 Å². The fourth-order valence-corrected chi connectivity index (χ4v) is 5.90. The molecule has 0 bridgehead atoms. The molecule has 0 N–H and O–H groups in total. The molecule has 2 aromatic heterocycles. The highest BCUT2D eigenvalue weighted by Gasteiger charge is 2.17. The van der Waals surface area contributed by atoms with E-state index in [0.717, 1.165) is 18.4 Å². The van der Waals surface area contributed by atoms with Crippen LogP contribution in [0, 0.1) is 0 Å². The molecule has 0 aliphatic carbocycles. The van der Waals surface area contributed by atoms with Crippen molar-refractivity contribution >= 4 is 38.3 Å². The number of thioether (sulfide) groups is 1. The second kappa shape index (κ2) is 9.23. The predicted octanol–water partition coefficient (Wildman–Crippen LogP) is 3.80. The number of nitrogens with zero attached hydrogens (tertiary/aromatic N) is 4. The highest BCUT2D eigenvalue weighted by molar-refractivity contribution is 7.99. The molecule has 2 heterocycles. The Balaban J connectivity index is 1.59. The molecular weight excluding hydrogens is 432 g/mol. The minimum Gasteiger partial charge on any atom is -0.276 e. The number of rotatable bonds is 9. The fourth-order valence-electron chi connectivity index (χ4n) is 3.50. The van der Waals surface area contributed by atoms with E-state index in [-0.39, 0.29) is 11.3 Å². The van der Waals surface area contributed by atoms with Gasteiger partial charge in [-0.15, -0.1) is 10.2 Å². The quantitative estimate of drug-likeness (QED) is 0.281. The van der Waals surface area contributed by atoms with E-state index in [1.165, 1.54) is 11.8 Å². The molecule has 9 heteroatoms. The molecule has 4 aromatic rings. The molecule has 0 aliphatic heterocycles. The van der Waals surface area contributed by atoms with Crippen molar-refractivity contribution in [2.45, 2.75) is 42.8 Å². The Kier molecular flexibility index (Phi) is 6.43. The number of aromatic nitrogens is 4. The van der Waals surface area contributed by atoms with Crippen LogP contribution in [0.15, 0.2) is 69.4 Å². The van der Waals surface area contributed by atoms with Crippen molar-refractivity contribution < 1.29 is 8.42 Å². The van der Waals surface area contributed by atoms with E-state index in [1.807, 2.05) is 28.7 Å². The number of hydrogen-bond acceptors (Lipinski definition) is 6. The lowest BCUT2D eigenvalue weighted by molar-refractivity contribution is 0.595. The van der Waals surface area contributed by atoms with E-state index in [4.69, 9.17) is 0 Å². The molecule has 0 fully saturated rings. The van der Waals surface area contributed by atoms with Crippen LogP contribution in [0.1, 0.15) is 26.2 Å². The molecule has 7 nitrogen and oxygen atoms in total. The number of sulfone groups is 1. The molecule has 4 rings (SSSR count). The number of fused-ring (bicyclic) bond motifs is 3. The Morgan fingerprint density at radius 1 is 0.968 bits per heavy atom. The van der Waals surface area contributed by atoms with E-state index in [9.17, 15) is 13.2 Å². The average Bonchev–Trinajstić information content (AvgIpc) is 3.21. The highest BCUT2D eigenvalue weighted by atomic mass is 32.2. The van der Waals surface area contributed by atoms with Crippen molar-refractivity contribution in [3.63, 3.8) is 0 Å². The molecule has 2 aromatic carbocycles. The van der Waals surface area contributed by atoms with E-state index in [2.05, 4.69) is 17.1 Å². The molecule has 0 aliphatic rings. The molecule has 0 saturated carbocycles. The highest BCUT2D eigenvalue weighted by Crippen LogP contribution is 2.23. The summed E-state index contributed by atoms with van der Waals surface area (Å²) < 4.78 is 28.6. The first-order valence-electron chi connectivity index (χ1n) is 10.3. The minimum absolute atomic E-state index is 0.0607. The molecule has 0 saturated heterocycles. The van der Waals surface area contributed by atoms with Gasteiger partial charge in [-0.05, 0) is 37.1 Å². The second-order valence-corrected chi connectivity index (χ2v) is 10.5. The number of para-hydroxylation sites is 1. The summed E-state index contributed by atoms with van der Waals surface area (Å²) in [5.41, 5.74) is 0.703. The van der Waals surface area contributed by atoms with Gasteiger partial charge in [0.25, 0.3) is 5.56 Å². The summed E-state index contributed by atoms with van der Waals surface area (Å²) in [4.78, 5) is 13.3. The fraction of sp³-hybridized carbons (Fsp3) is 0.318. The molecule has 0 unspecified atom stereocenters. The summed E-state index contributed by atoms with van der Waals surface area (Å²) in [6.45, 7) is 2.67. The molecular formula is C22H24N4O3S2. The SMILES string of the molecule is CCCCn1c(=O)c2ccccc2n2c(SCCCS(=O)(=O)c3ccccc3)nnc12. The van der Waals surface area contributed by atoms with Crippen molar-refractivity contribution in [1.29, 1.82) is 0 Å². The first kappa shape index (κ1) is 21.6. The van der Waals surface area contributed by atoms with Gasteiger partial charge in [0, 0.05) is 12.3 Å². The number of aryl methyl sites for hydroxylation is 1.